The van der Waals surface area contributed by atoms with E-state index in [4.69, 9.17) is 5.26 Å². The molecule has 3 rings (SSSR count). The molecule has 1 aliphatic rings. The standard InChI is InChI=1S/C20H24N6O2/c1-13(2)14-3-5-16(6-4-14)22-20(28)23-18-11-26(10-15(18)12-27)19-8-7-17(9-21)24-25-19/h3-8,13,15,18,27H,10-12H2,1-2H3,(H2,22,23,28). The summed E-state index contributed by atoms with van der Waals surface area (Å²) >= 11 is 0. The summed E-state index contributed by atoms with van der Waals surface area (Å²) in [7, 11) is 0. The molecule has 2 amide bonds. The van der Waals surface area contributed by atoms with E-state index in [1.54, 1.807) is 12.1 Å². The number of rotatable bonds is 5. The molecular formula is C20H24N6O2. The Morgan fingerprint density at radius 1 is 1.25 bits per heavy atom. The lowest BCUT2D eigenvalue weighted by Crippen LogP contribution is -2.43. The van der Waals surface area contributed by atoms with Crippen molar-refractivity contribution in [2.24, 2.45) is 5.92 Å². The van der Waals surface area contributed by atoms with Crippen molar-refractivity contribution >= 4 is 17.5 Å². The largest absolute Gasteiger partial charge is 0.396 e. The Morgan fingerprint density at radius 2 is 2.00 bits per heavy atom. The fourth-order valence-corrected chi connectivity index (χ4v) is 3.25. The van der Waals surface area contributed by atoms with Gasteiger partial charge in [0.1, 0.15) is 6.07 Å². The normalized spacial score (nSPS) is 18.8. The number of urea groups is 1. The van der Waals surface area contributed by atoms with E-state index in [-0.39, 0.29) is 30.3 Å². The molecular weight excluding hydrogens is 356 g/mol. The lowest BCUT2D eigenvalue weighted by Gasteiger charge is -2.18. The molecule has 2 heterocycles. The topological polar surface area (TPSA) is 114 Å². The van der Waals surface area contributed by atoms with Crippen molar-refractivity contribution in [3.8, 4) is 6.07 Å². The van der Waals surface area contributed by atoms with Crippen LogP contribution in [0.4, 0.5) is 16.3 Å². The predicted molar refractivity (Wildman–Crippen MR) is 106 cm³/mol. The first-order valence-electron chi connectivity index (χ1n) is 9.27. The van der Waals surface area contributed by atoms with Gasteiger partial charge in [-0.25, -0.2) is 4.79 Å². The molecule has 8 nitrogen and oxygen atoms in total. The molecule has 1 aromatic heterocycles. The summed E-state index contributed by atoms with van der Waals surface area (Å²) in [6.07, 6.45) is 0. The maximum atomic E-state index is 12.4. The summed E-state index contributed by atoms with van der Waals surface area (Å²) in [5.74, 6) is 0.931. The average molecular weight is 380 g/mol. The molecule has 3 N–H and O–H groups in total. The molecule has 0 bridgehead atoms. The molecule has 28 heavy (non-hydrogen) atoms. The van der Waals surface area contributed by atoms with Gasteiger partial charge in [0.05, 0.1) is 6.04 Å². The Morgan fingerprint density at radius 3 is 2.57 bits per heavy atom. The lowest BCUT2D eigenvalue weighted by molar-refractivity contribution is 0.211. The maximum absolute atomic E-state index is 12.4. The number of hydrogen-bond acceptors (Lipinski definition) is 6. The van der Waals surface area contributed by atoms with Crippen molar-refractivity contribution < 1.29 is 9.90 Å². The number of aliphatic hydroxyl groups is 1. The van der Waals surface area contributed by atoms with Gasteiger partial charge < -0.3 is 20.6 Å². The number of hydrogen-bond donors (Lipinski definition) is 3. The molecule has 0 spiro atoms. The van der Waals surface area contributed by atoms with Crippen LogP contribution in [-0.4, -0.2) is 47.1 Å². The van der Waals surface area contributed by atoms with Crippen molar-refractivity contribution in [3.63, 3.8) is 0 Å². The quantitative estimate of drug-likeness (QED) is 0.732. The van der Waals surface area contributed by atoms with Gasteiger partial charge in [-0.15, -0.1) is 10.2 Å². The molecule has 1 aromatic carbocycles. The van der Waals surface area contributed by atoms with Crippen LogP contribution in [0, 0.1) is 17.2 Å². The highest BCUT2D eigenvalue weighted by Gasteiger charge is 2.34. The van der Waals surface area contributed by atoms with Gasteiger partial charge in [-0.1, -0.05) is 26.0 Å². The first kappa shape index (κ1) is 19.6. The summed E-state index contributed by atoms with van der Waals surface area (Å²) in [4.78, 5) is 14.3. The van der Waals surface area contributed by atoms with Crippen molar-refractivity contribution in [3.05, 3.63) is 47.7 Å². The van der Waals surface area contributed by atoms with Gasteiger partial charge in [0.25, 0.3) is 0 Å². The third-order valence-electron chi connectivity index (χ3n) is 4.92. The molecule has 1 saturated heterocycles. The van der Waals surface area contributed by atoms with E-state index in [1.807, 2.05) is 35.2 Å². The minimum Gasteiger partial charge on any atom is -0.396 e. The second-order valence-electron chi connectivity index (χ2n) is 7.22. The molecule has 0 radical (unpaired) electrons. The van der Waals surface area contributed by atoms with Crippen LogP contribution in [0.1, 0.15) is 31.0 Å². The van der Waals surface area contributed by atoms with Gasteiger partial charge in [0, 0.05) is 31.3 Å². The monoisotopic (exact) mass is 380 g/mol. The van der Waals surface area contributed by atoms with Crippen LogP contribution in [0.15, 0.2) is 36.4 Å². The highest BCUT2D eigenvalue weighted by atomic mass is 16.3. The van der Waals surface area contributed by atoms with E-state index in [2.05, 4.69) is 34.7 Å². The summed E-state index contributed by atoms with van der Waals surface area (Å²) in [6.45, 7) is 5.24. The van der Waals surface area contributed by atoms with Crippen LogP contribution in [-0.2, 0) is 0 Å². The molecule has 8 heteroatoms. The van der Waals surface area contributed by atoms with Gasteiger partial charge >= 0.3 is 6.03 Å². The van der Waals surface area contributed by atoms with E-state index in [9.17, 15) is 9.90 Å². The summed E-state index contributed by atoms with van der Waals surface area (Å²) in [5, 5.41) is 32.2. The number of carbonyl (C=O) groups excluding carboxylic acids is 1. The van der Waals surface area contributed by atoms with E-state index in [0.29, 0.717) is 24.8 Å². The zero-order valence-electron chi connectivity index (χ0n) is 16.0. The van der Waals surface area contributed by atoms with Crippen molar-refractivity contribution in [2.45, 2.75) is 25.8 Å². The molecule has 1 aliphatic heterocycles. The van der Waals surface area contributed by atoms with Gasteiger partial charge in [0.15, 0.2) is 11.5 Å². The molecule has 0 saturated carbocycles. The highest BCUT2D eigenvalue weighted by molar-refractivity contribution is 5.89. The summed E-state index contributed by atoms with van der Waals surface area (Å²) in [5.41, 5.74) is 2.18. The number of benzene rings is 1. The third-order valence-corrected chi connectivity index (χ3v) is 4.92. The SMILES string of the molecule is CC(C)c1ccc(NC(=O)NC2CN(c3ccc(C#N)nn3)CC2CO)cc1. The number of amides is 2. The van der Waals surface area contributed by atoms with Crippen LogP contribution in [0.5, 0.6) is 0 Å². The van der Waals surface area contributed by atoms with Crippen LogP contribution in [0.25, 0.3) is 0 Å². The first-order chi connectivity index (χ1) is 13.5. The fourth-order valence-electron chi connectivity index (χ4n) is 3.25. The minimum atomic E-state index is -0.312. The average Bonchev–Trinajstić information content (AvgIpc) is 3.11. The molecule has 0 aliphatic carbocycles. The van der Waals surface area contributed by atoms with Gasteiger partial charge in [-0.3, -0.25) is 0 Å². The van der Waals surface area contributed by atoms with Gasteiger partial charge in [0.2, 0.25) is 0 Å². The number of anilines is 2. The van der Waals surface area contributed by atoms with E-state index in [0.717, 1.165) is 5.69 Å². The third kappa shape index (κ3) is 4.56. The minimum absolute atomic E-state index is 0.0474. The molecule has 2 unspecified atom stereocenters. The number of aromatic nitrogens is 2. The second-order valence-corrected chi connectivity index (χ2v) is 7.22. The first-order valence-corrected chi connectivity index (χ1v) is 9.27. The number of aliphatic hydroxyl groups excluding tert-OH is 1. The Bertz CT molecular complexity index is 844. The number of nitrogens with one attached hydrogen (secondary N) is 2. The Hall–Kier alpha value is -3.18. The van der Waals surface area contributed by atoms with Gasteiger partial charge in [-0.2, -0.15) is 5.26 Å². The molecule has 2 atom stereocenters. The summed E-state index contributed by atoms with van der Waals surface area (Å²) in [6, 6.07) is 12.5. The summed E-state index contributed by atoms with van der Waals surface area (Å²) < 4.78 is 0. The molecule has 1 fully saturated rings. The van der Waals surface area contributed by atoms with Crippen LogP contribution >= 0.6 is 0 Å². The maximum Gasteiger partial charge on any atom is 0.319 e. The van der Waals surface area contributed by atoms with Gasteiger partial charge in [-0.05, 0) is 35.7 Å². The van der Waals surface area contributed by atoms with Crippen molar-refractivity contribution in [1.82, 2.24) is 15.5 Å². The van der Waals surface area contributed by atoms with Crippen LogP contribution < -0.4 is 15.5 Å². The van der Waals surface area contributed by atoms with E-state index in [1.165, 1.54) is 5.56 Å². The highest BCUT2D eigenvalue weighted by Crippen LogP contribution is 2.22. The van der Waals surface area contributed by atoms with Crippen molar-refractivity contribution in [2.75, 3.05) is 29.9 Å². The predicted octanol–water partition coefficient (Wildman–Crippen LogP) is 2.09. The smallest absolute Gasteiger partial charge is 0.319 e. The van der Waals surface area contributed by atoms with E-state index >= 15 is 0 Å². The van der Waals surface area contributed by atoms with E-state index < -0.39 is 0 Å². The number of nitrogens with zero attached hydrogens (tertiary/aromatic N) is 4. The Balaban J connectivity index is 1.60. The number of carbonyl (C=O) groups is 1. The van der Waals surface area contributed by atoms with Crippen LogP contribution in [0.2, 0.25) is 0 Å². The number of nitriles is 1. The van der Waals surface area contributed by atoms with Crippen molar-refractivity contribution in [1.29, 1.82) is 5.26 Å². The fraction of sp³-hybridized carbons (Fsp3) is 0.400. The second kappa shape index (κ2) is 8.67. The molecule has 2 aromatic rings. The molecule has 146 valence electrons. The Labute approximate surface area is 164 Å². The lowest BCUT2D eigenvalue weighted by atomic mass is 10.0. The zero-order chi connectivity index (χ0) is 20.1. The Kier molecular flexibility index (Phi) is 6.06. The zero-order valence-corrected chi connectivity index (χ0v) is 16.0. The van der Waals surface area contributed by atoms with Crippen LogP contribution in [0.3, 0.4) is 0 Å².